The molecule has 1 aromatic carbocycles. The summed E-state index contributed by atoms with van der Waals surface area (Å²) in [4.78, 5) is 2.10. The lowest BCUT2D eigenvalue weighted by Crippen LogP contribution is -2.25. The predicted octanol–water partition coefficient (Wildman–Crippen LogP) is 2.14. The van der Waals surface area contributed by atoms with Gasteiger partial charge in [0.2, 0.25) is 0 Å². The van der Waals surface area contributed by atoms with Gasteiger partial charge in [0.1, 0.15) is 5.82 Å². The predicted molar refractivity (Wildman–Crippen MR) is 78.2 cm³/mol. The fourth-order valence-corrected chi connectivity index (χ4v) is 3.62. The number of nitrogens with one attached hydrogen (secondary N) is 1. The zero-order valence-corrected chi connectivity index (χ0v) is 12.0. The monoisotopic (exact) mass is 278 g/mol. The average Bonchev–Trinajstić information content (AvgIpc) is 2.99. The minimum absolute atomic E-state index is 0.144. The van der Waals surface area contributed by atoms with E-state index in [0.717, 1.165) is 38.0 Å². The van der Waals surface area contributed by atoms with E-state index >= 15 is 0 Å². The maximum absolute atomic E-state index is 14.3. The minimum atomic E-state index is -0.193. The summed E-state index contributed by atoms with van der Waals surface area (Å²) in [6, 6.07) is 5.50. The van der Waals surface area contributed by atoms with Crippen LogP contribution in [0.5, 0.6) is 0 Å². The third-order valence-corrected chi connectivity index (χ3v) is 4.75. The molecule has 1 saturated carbocycles. The molecule has 4 heteroatoms. The minimum Gasteiger partial charge on any atom is -0.393 e. The van der Waals surface area contributed by atoms with Gasteiger partial charge in [-0.3, -0.25) is 0 Å². The molecule has 110 valence electrons. The summed E-state index contributed by atoms with van der Waals surface area (Å²) >= 11 is 0. The van der Waals surface area contributed by atoms with Gasteiger partial charge in [0.25, 0.3) is 0 Å². The zero-order chi connectivity index (χ0) is 14.1. The molecule has 0 amide bonds. The normalized spacial score (nSPS) is 28.9. The number of halogens is 1. The molecule has 1 heterocycles. The number of aliphatic hydroxyl groups is 1. The lowest BCUT2D eigenvalue weighted by molar-refractivity contribution is 0.133. The Morgan fingerprint density at radius 2 is 2.20 bits per heavy atom. The summed E-state index contributed by atoms with van der Waals surface area (Å²) in [6.07, 6.45) is 1.79. The van der Waals surface area contributed by atoms with Crippen LogP contribution in [-0.4, -0.2) is 30.8 Å². The van der Waals surface area contributed by atoms with Gasteiger partial charge in [-0.1, -0.05) is 13.0 Å². The second-order valence-corrected chi connectivity index (χ2v) is 6.04. The van der Waals surface area contributed by atoms with Gasteiger partial charge in [0.05, 0.1) is 11.8 Å². The molecular weight excluding hydrogens is 255 g/mol. The van der Waals surface area contributed by atoms with Gasteiger partial charge >= 0.3 is 0 Å². The molecule has 3 nitrogen and oxygen atoms in total. The number of rotatable bonds is 4. The van der Waals surface area contributed by atoms with Gasteiger partial charge in [-0.2, -0.15) is 0 Å². The fourth-order valence-electron chi connectivity index (χ4n) is 3.62. The van der Waals surface area contributed by atoms with Gasteiger partial charge in [-0.15, -0.1) is 0 Å². The first-order valence-electron chi connectivity index (χ1n) is 7.61. The van der Waals surface area contributed by atoms with E-state index in [0.29, 0.717) is 24.1 Å². The smallest absolute Gasteiger partial charge is 0.146 e. The number of hydrogen-bond acceptors (Lipinski definition) is 3. The lowest BCUT2D eigenvalue weighted by Gasteiger charge is -2.21. The van der Waals surface area contributed by atoms with E-state index in [4.69, 9.17) is 0 Å². The highest BCUT2D eigenvalue weighted by atomic mass is 19.1. The summed E-state index contributed by atoms with van der Waals surface area (Å²) in [7, 11) is 0. The quantitative estimate of drug-likeness (QED) is 0.886. The van der Waals surface area contributed by atoms with Crippen LogP contribution in [0.4, 0.5) is 10.1 Å². The first-order chi connectivity index (χ1) is 9.69. The van der Waals surface area contributed by atoms with Crippen LogP contribution in [0, 0.1) is 17.7 Å². The molecule has 1 saturated heterocycles. The van der Waals surface area contributed by atoms with E-state index in [1.54, 1.807) is 6.07 Å². The number of benzene rings is 1. The van der Waals surface area contributed by atoms with Crippen LogP contribution >= 0.6 is 0 Å². The van der Waals surface area contributed by atoms with Crippen LogP contribution in [0.1, 0.15) is 25.3 Å². The highest BCUT2D eigenvalue weighted by molar-refractivity contribution is 5.50. The van der Waals surface area contributed by atoms with Crippen molar-refractivity contribution in [1.82, 2.24) is 5.32 Å². The molecule has 1 aliphatic heterocycles. The molecule has 1 aliphatic carbocycles. The Hall–Kier alpha value is -1.13. The average molecular weight is 278 g/mol. The largest absolute Gasteiger partial charge is 0.393 e. The van der Waals surface area contributed by atoms with Crippen LogP contribution in [0.2, 0.25) is 0 Å². The molecular formula is C16H23FN2O. The first kappa shape index (κ1) is 13.8. The molecule has 0 aromatic heterocycles. The standard InChI is InChI=1S/C16H23FN2O/c1-2-18-8-11-3-5-15(14(17)7-11)19-9-12-4-6-16(20)13(12)10-19/h3,5,7,12-13,16,18,20H,2,4,6,8-10H2,1H3. The van der Waals surface area contributed by atoms with Crippen molar-refractivity contribution in [3.63, 3.8) is 0 Å². The van der Waals surface area contributed by atoms with Crippen molar-refractivity contribution < 1.29 is 9.50 Å². The van der Waals surface area contributed by atoms with Crippen molar-refractivity contribution in [1.29, 1.82) is 0 Å². The summed E-state index contributed by atoms with van der Waals surface area (Å²) in [6.45, 7) is 5.30. The molecule has 3 atom stereocenters. The molecule has 20 heavy (non-hydrogen) atoms. The molecule has 2 aliphatic rings. The second kappa shape index (κ2) is 5.70. The SMILES string of the molecule is CCNCc1ccc(N2CC3CCC(O)C3C2)c(F)c1. The van der Waals surface area contributed by atoms with E-state index in [-0.39, 0.29) is 11.9 Å². The van der Waals surface area contributed by atoms with Crippen molar-refractivity contribution in [3.05, 3.63) is 29.6 Å². The van der Waals surface area contributed by atoms with Crippen molar-refractivity contribution in [2.75, 3.05) is 24.5 Å². The van der Waals surface area contributed by atoms with Gasteiger partial charge < -0.3 is 15.3 Å². The zero-order valence-electron chi connectivity index (χ0n) is 12.0. The van der Waals surface area contributed by atoms with Crippen LogP contribution in [0.15, 0.2) is 18.2 Å². The number of hydrogen-bond donors (Lipinski definition) is 2. The van der Waals surface area contributed by atoms with Crippen LogP contribution in [-0.2, 0) is 6.54 Å². The van der Waals surface area contributed by atoms with Crippen molar-refractivity contribution in [2.24, 2.45) is 11.8 Å². The first-order valence-corrected chi connectivity index (χ1v) is 7.61. The Bertz CT molecular complexity index is 480. The van der Waals surface area contributed by atoms with E-state index in [9.17, 15) is 9.50 Å². The molecule has 1 aromatic rings. The van der Waals surface area contributed by atoms with Gasteiger partial charge in [-0.05, 0) is 43.0 Å². The van der Waals surface area contributed by atoms with Crippen molar-refractivity contribution >= 4 is 5.69 Å². The van der Waals surface area contributed by atoms with Crippen molar-refractivity contribution in [3.8, 4) is 0 Å². The molecule has 0 radical (unpaired) electrons. The number of nitrogens with zero attached hydrogens (tertiary/aromatic N) is 1. The number of fused-ring (bicyclic) bond motifs is 1. The molecule has 2 N–H and O–H groups in total. The highest BCUT2D eigenvalue weighted by Gasteiger charge is 2.42. The van der Waals surface area contributed by atoms with Crippen molar-refractivity contribution in [2.45, 2.75) is 32.4 Å². The van der Waals surface area contributed by atoms with Crippen LogP contribution in [0.25, 0.3) is 0 Å². The number of anilines is 1. The van der Waals surface area contributed by atoms with E-state index in [1.807, 2.05) is 19.1 Å². The Kier molecular flexibility index (Phi) is 3.94. The van der Waals surface area contributed by atoms with E-state index in [2.05, 4.69) is 10.2 Å². The second-order valence-electron chi connectivity index (χ2n) is 6.04. The Morgan fingerprint density at radius 3 is 2.90 bits per heavy atom. The van der Waals surface area contributed by atoms with Gasteiger partial charge in [0.15, 0.2) is 0 Å². The van der Waals surface area contributed by atoms with Crippen LogP contribution in [0.3, 0.4) is 0 Å². The third-order valence-electron chi connectivity index (χ3n) is 4.75. The maximum atomic E-state index is 14.3. The Morgan fingerprint density at radius 1 is 1.35 bits per heavy atom. The molecule has 0 bridgehead atoms. The summed E-state index contributed by atoms with van der Waals surface area (Å²) in [5.41, 5.74) is 1.67. The van der Waals surface area contributed by atoms with E-state index < -0.39 is 0 Å². The Balaban J connectivity index is 1.72. The number of aliphatic hydroxyl groups excluding tert-OH is 1. The Labute approximate surface area is 119 Å². The molecule has 3 rings (SSSR count). The summed E-state index contributed by atoms with van der Waals surface area (Å²) in [5.74, 6) is 0.719. The molecule has 3 unspecified atom stereocenters. The molecule has 2 fully saturated rings. The van der Waals surface area contributed by atoms with Gasteiger partial charge in [0, 0.05) is 25.6 Å². The van der Waals surface area contributed by atoms with Gasteiger partial charge in [-0.25, -0.2) is 4.39 Å². The van der Waals surface area contributed by atoms with E-state index in [1.165, 1.54) is 0 Å². The third kappa shape index (κ3) is 2.54. The summed E-state index contributed by atoms with van der Waals surface area (Å²) in [5, 5.41) is 13.2. The fraction of sp³-hybridized carbons (Fsp3) is 0.625. The molecule has 0 spiro atoms. The topological polar surface area (TPSA) is 35.5 Å². The van der Waals surface area contributed by atoms with Crippen LogP contribution < -0.4 is 10.2 Å². The summed E-state index contributed by atoms with van der Waals surface area (Å²) < 4.78 is 14.3. The highest BCUT2D eigenvalue weighted by Crippen LogP contribution is 2.40. The maximum Gasteiger partial charge on any atom is 0.146 e. The lowest BCUT2D eigenvalue weighted by atomic mass is 10.00.